The molecule has 3 N–H and O–H groups in total. The minimum absolute atomic E-state index is 0.0290. The Labute approximate surface area is 198 Å². The Hall–Kier alpha value is -2.83. The fourth-order valence-corrected chi connectivity index (χ4v) is 6.24. The van der Waals surface area contributed by atoms with E-state index in [1.807, 2.05) is 13.0 Å². The lowest BCUT2D eigenvalue weighted by molar-refractivity contribution is -0.139. The zero-order valence-corrected chi connectivity index (χ0v) is 19.2. The van der Waals surface area contributed by atoms with Crippen molar-refractivity contribution in [1.29, 1.82) is 0 Å². The van der Waals surface area contributed by atoms with Gasteiger partial charge < -0.3 is 20.7 Å². The van der Waals surface area contributed by atoms with Gasteiger partial charge in [0.2, 0.25) is 0 Å². The van der Waals surface area contributed by atoms with Gasteiger partial charge in [0, 0.05) is 35.6 Å². The number of carbonyl (C=O) groups excluding carboxylic acids is 1. The van der Waals surface area contributed by atoms with E-state index in [0.29, 0.717) is 23.8 Å². The summed E-state index contributed by atoms with van der Waals surface area (Å²) < 4.78 is 36.6. The minimum atomic E-state index is -3.64. The van der Waals surface area contributed by atoms with E-state index in [2.05, 4.69) is 25.3 Å². The summed E-state index contributed by atoms with van der Waals surface area (Å²) in [6, 6.07) is 3.56. The molecule has 12 heteroatoms. The first kappa shape index (κ1) is 21.7. The topological polar surface area (TPSA) is 111 Å². The number of aromatic nitrogens is 4. The van der Waals surface area contributed by atoms with Crippen LogP contribution < -0.4 is 16.0 Å². The van der Waals surface area contributed by atoms with Gasteiger partial charge in [0.1, 0.15) is 18.0 Å². The SMILES string of the molecule is Cc1cc(N2CCC3(CC2)COCC3N)n2ncnc2c1Sc1ccnc2c1C(F)(F)C(=O)N2. The Balaban J connectivity index is 1.35. The molecule has 3 aliphatic heterocycles. The summed E-state index contributed by atoms with van der Waals surface area (Å²) in [5, 5.41) is 6.59. The number of ether oxygens (including phenoxy) is 1. The van der Waals surface area contributed by atoms with Crippen molar-refractivity contribution in [2.45, 2.75) is 41.5 Å². The number of pyridine rings is 2. The highest BCUT2D eigenvalue weighted by molar-refractivity contribution is 7.99. The maximum Gasteiger partial charge on any atom is 0.354 e. The van der Waals surface area contributed by atoms with Crippen LogP contribution >= 0.6 is 11.8 Å². The van der Waals surface area contributed by atoms with Gasteiger partial charge >= 0.3 is 11.8 Å². The molecule has 6 rings (SSSR count). The number of nitrogens with zero attached hydrogens (tertiary/aromatic N) is 5. The smallest absolute Gasteiger partial charge is 0.354 e. The maximum absolute atomic E-state index is 14.6. The van der Waals surface area contributed by atoms with Gasteiger partial charge in [-0.3, -0.25) is 4.79 Å². The number of rotatable bonds is 3. The number of piperidine rings is 1. The first-order chi connectivity index (χ1) is 16.3. The molecule has 0 saturated carbocycles. The van der Waals surface area contributed by atoms with Crippen molar-refractivity contribution in [2.75, 3.05) is 36.5 Å². The van der Waals surface area contributed by atoms with Crippen LogP contribution in [-0.2, 0) is 15.5 Å². The molecule has 1 atom stereocenters. The summed E-state index contributed by atoms with van der Waals surface area (Å²) in [7, 11) is 0. The number of hydrogen-bond acceptors (Lipinski definition) is 8. The minimum Gasteiger partial charge on any atom is -0.379 e. The number of halogens is 2. The van der Waals surface area contributed by atoms with Gasteiger partial charge in [0.05, 0.1) is 23.7 Å². The molecule has 34 heavy (non-hydrogen) atoms. The monoisotopic (exact) mass is 487 g/mol. The highest BCUT2D eigenvalue weighted by atomic mass is 32.2. The molecule has 3 aromatic rings. The van der Waals surface area contributed by atoms with Crippen molar-refractivity contribution >= 4 is 35.0 Å². The molecule has 2 saturated heterocycles. The molecule has 9 nitrogen and oxygen atoms in total. The van der Waals surface area contributed by atoms with Crippen LogP contribution in [0.4, 0.5) is 20.4 Å². The second kappa shape index (κ2) is 7.59. The summed E-state index contributed by atoms with van der Waals surface area (Å²) in [6.07, 6.45) is 4.73. The van der Waals surface area contributed by atoms with Crippen LogP contribution in [0, 0.1) is 12.3 Å². The first-order valence-corrected chi connectivity index (χ1v) is 11.9. The van der Waals surface area contributed by atoms with E-state index in [9.17, 15) is 13.6 Å². The molecule has 0 aromatic carbocycles. The van der Waals surface area contributed by atoms with Crippen LogP contribution in [0.2, 0.25) is 0 Å². The molecule has 3 aromatic heterocycles. The molecular formula is C22H23F2N7O2S. The Kier molecular flexibility index (Phi) is 4.84. The third-order valence-corrected chi connectivity index (χ3v) is 8.45. The van der Waals surface area contributed by atoms with E-state index in [1.54, 1.807) is 4.52 Å². The summed E-state index contributed by atoms with van der Waals surface area (Å²) in [5.74, 6) is -4.21. The fraction of sp³-hybridized carbons (Fsp3) is 0.455. The lowest BCUT2D eigenvalue weighted by Gasteiger charge is -2.41. The van der Waals surface area contributed by atoms with Crippen molar-refractivity contribution in [1.82, 2.24) is 19.6 Å². The molecule has 0 aliphatic carbocycles. The van der Waals surface area contributed by atoms with Gasteiger partial charge in [0.15, 0.2) is 5.65 Å². The van der Waals surface area contributed by atoms with Gasteiger partial charge in [-0.15, -0.1) is 0 Å². The largest absolute Gasteiger partial charge is 0.379 e. The Morgan fingerprint density at radius 3 is 2.82 bits per heavy atom. The summed E-state index contributed by atoms with van der Waals surface area (Å²) in [6.45, 7) is 4.87. The second-order valence-electron chi connectivity index (χ2n) is 9.14. The number of carbonyl (C=O) groups is 1. The zero-order valence-electron chi connectivity index (χ0n) is 18.4. The third-order valence-electron chi connectivity index (χ3n) is 7.18. The van der Waals surface area contributed by atoms with Crippen LogP contribution in [0.5, 0.6) is 0 Å². The Bertz CT molecular complexity index is 1310. The van der Waals surface area contributed by atoms with Crippen molar-refractivity contribution in [3.8, 4) is 0 Å². The normalized spacial score (nSPS) is 23.0. The second-order valence-corrected chi connectivity index (χ2v) is 10.2. The molecule has 1 spiro atoms. The quantitative estimate of drug-likeness (QED) is 0.580. The third kappa shape index (κ3) is 3.12. The van der Waals surface area contributed by atoms with Gasteiger partial charge in [-0.1, -0.05) is 11.8 Å². The molecule has 2 fully saturated rings. The Morgan fingerprint density at radius 2 is 2.09 bits per heavy atom. The average molecular weight is 488 g/mol. The number of alkyl halides is 2. The zero-order chi connectivity index (χ0) is 23.7. The summed E-state index contributed by atoms with van der Waals surface area (Å²) in [5.41, 5.74) is 7.42. The van der Waals surface area contributed by atoms with E-state index < -0.39 is 17.4 Å². The fourth-order valence-electron chi connectivity index (χ4n) is 5.12. The highest BCUT2D eigenvalue weighted by Gasteiger charge is 2.51. The highest BCUT2D eigenvalue weighted by Crippen LogP contribution is 2.47. The lowest BCUT2D eigenvalue weighted by atomic mass is 9.75. The van der Waals surface area contributed by atoms with Crippen LogP contribution in [0.25, 0.3) is 5.65 Å². The molecule has 1 amide bonds. The molecule has 0 bridgehead atoms. The molecule has 178 valence electrons. The van der Waals surface area contributed by atoms with E-state index in [0.717, 1.165) is 49.1 Å². The number of nitrogens with two attached hydrogens (primary N) is 1. The summed E-state index contributed by atoms with van der Waals surface area (Å²) in [4.78, 5) is 23.3. The maximum atomic E-state index is 14.6. The van der Waals surface area contributed by atoms with Crippen LogP contribution in [0.3, 0.4) is 0 Å². The van der Waals surface area contributed by atoms with E-state index >= 15 is 0 Å². The number of aryl methyl sites for hydroxylation is 1. The first-order valence-electron chi connectivity index (χ1n) is 11.1. The molecule has 3 aliphatic rings. The van der Waals surface area contributed by atoms with Crippen molar-refractivity contribution in [3.05, 3.63) is 35.8 Å². The van der Waals surface area contributed by atoms with Crippen LogP contribution in [0.15, 0.2) is 34.4 Å². The molecule has 0 radical (unpaired) electrons. The van der Waals surface area contributed by atoms with Gasteiger partial charge in [-0.25, -0.2) is 9.97 Å². The standard InChI is InChI=1S/C22H23F2N7O2S/c1-12-8-15(30-6-3-21(4-7-30)10-33-9-14(21)25)31-19(27-11-28-31)17(12)34-13-2-5-26-18-16(13)22(23,24)20(32)29-18/h2,5,8,11,14H,3-4,6-7,9-10,25H2,1H3,(H,26,29,32). The van der Waals surface area contributed by atoms with E-state index in [4.69, 9.17) is 10.5 Å². The summed E-state index contributed by atoms with van der Waals surface area (Å²) >= 11 is 1.14. The molecule has 1 unspecified atom stereocenters. The average Bonchev–Trinajstić information content (AvgIpc) is 3.49. The number of hydrogen-bond donors (Lipinski definition) is 2. The van der Waals surface area contributed by atoms with Gasteiger partial charge in [-0.2, -0.15) is 18.4 Å². The molecular weight excluding hydrogens is 464 g/mol. The number of nitrogens with one attached hydrogen (secondary N) is 1. The molecule has 6 heterocycles. The van der Waals surface area contributed by atoms with Gasteiger partial charge in [-0.05, 0) is 37.5 Å². The Morgan fingerprint density at radius 1 is 1.29 bits per heavy atom. The predicted octanol–water partition coefficient (Wildman–Crippen LogP) is 2.57. The van der Waals surface area contributed by atoms with Crippen molar-refractivity contribution in [3.63, 3.8) is 0 Å². The number of anilines is 2. The van der Waals surface area contributed by atoms with Crippen molar-refractivity contribution in [2.24, 2.45) is 11.1 Å². The lowest BCUT2D eigenvalue weighted by Crippen LogP contribution is -2.49. The van der Waals surface area contributed by atoms with Crippen LogP contribution in [0.1, 0.15) is 24.0 Å². The number of amides is 1. The van der Waals surface area contributed by atoms with E-state index in [-0.39, 0.29) is 22.2 Å². The van der Waals surface area contributed by atoms with Gasteiger partial charge in [0.25, 0.3) is 0 Å². The van der Waals surface area contributed by atoms with Crippen molar-refractivity contribution < 1.29 is 18.3 Å². The predicted molar refractivity (Wildman–Crippen MR) is 121 cm³/mol. The number of fused-ring (bicyclic) bond motifs is 2. The van der Waals surface area contributed by atoms with Crippen LogP contribution in [-0.4, -0.2) is 57.8 Å². The van der Waals surface area contributed by atoms with E-state index in [1.165, 1.54) is 18.6 Å².